The van der Waals surface area contributed by atoms with Crippen LogP contribution in [0.1, 0.15) is 57.5 Å². The molecule has 174 valence electrons. The Morgan fingerprint density at radius 1 is 0.765 bits per heavy atom. The van der Waals surface area contributed by atoms with E-state index in [1.807, 2.05) is 47.4 Å². The summed E-state index contributed by atoms with van der Waals surface area (Å²) in [6.07, 6.45) is 5.49. The highest BCUT2D eigenvalue weighted by Gasteiger charge is 2.21. The number of likely N-dealkylation sites (tertiary alicyclic amines) is 1. The first-order valence-electron chi connectivity index (χ1n) is 12.3. The molecular weight excluding hydrogens is 422 g/mol. The van der Waals surface area contributed by atoms with Gasteiger partial charge in [0.05, 0.1) is 11.3 Å². The van der Waals surface area contributed by atoms with Crippen LogP contribution in [-0.2, 0) is 13.0 Å². The first-order chi connectivity index (χ1) is 16.7. The van der Waals surface area contributed by atoms with Crippen LogP contribution >= 0.6 is 0 Å². The lowest BCUT2D eigenvalue weighted by molar-refractivity contribution is 0.0762. The number of nitrogens with zero attached hydrogens (tertiary/aromatic N) is 2. The molecule has 0 unspecified atom stereocenters. The summed E-state index contributed by atoms with van der Waals surface area (Å²) < 4.78 is 0. The number of para-hydroxylation sites is 2. The molecule has 0 bridgehead atoms. The van der Waals surface area contributed by atoms with Gasteiger partial charge in [-0.3, -0.25) is 9.59 Å². The van der Waals surface area contributed by atoms with Crippen LogP contribution in [-0.4, -0.2) is 36.3 Å². The van der Waals surface area contributed by atoms with Gasteiger partial charge in [-0.2, -0.15) is 0 Å². The van der Waals surface area contributed by atoms with E-state index in [2.05, 4.69) is 34.5 Å². The van der Waals surface area contributed by atoms with Crippen molar-refractivity contribution in [3.8, 4) is 0 Å². The second kappa shape index (κ2) is 10.1. The van der Waals surface area contributed by atoms with Gasteiger partial charge in [0.15, 0.2) is 0 Å². The minimum atomic E-state index is -0.200. The van der Waals surface area contributed by atoms with Crippen LogP contribution in [0.2, 0.25) is 0 Å². The molecule has 0 radical (unpaired) electrons. The van der Waals surface area contributed by atoms with Gasteiger partial charge in [0.1, 0.15) is 0 Å². The third-order valence-electron chi connectivity index (χ3n) is 6.87. The molecule has 2 aliphatic rings. The zero-order valence-electron chi connectivity index (χ0n) is 19.5. The lowest BCUT2D eigenvalue weighted by Gasteiger charge is -2.22. The van der Waals surface area contributed by atoms with Crippen molar-refractivity contribution in [3.05, 3.63) is 95.1 Å². The van der Waals surface area contributed by atoms with Gasteiger partial charge in [-0.15, -0.1) is 0 Å². The van der Waals surface area contributed by atoms with E-state index in [1.165, 1.54) is 29.7 Å². The van der Waals surface area contributed by atoms with Crippen molar-refractivity contribution in [1.29, 1.82) is 0 Å². The summed E-state index contributed by atoms with van der Waals surface area (Å²) in [7, 11) is 0. The number of hydrogen-bond donors (Lipinski definition) is 1. The van der Waals surface area contributed by atoms with E-state index in [9.17, 15) is 9.59 Å². The van der Waals surface area contributed by atoms with Gasteiger partial charge in [0.25, 0.3) is 11.8 Å². The van der Waals surface area contributed by atoms with Crippen molar-refractivity contribution >= 4 is 23.2 Å². The minimum absolute atomic E-state index is 0.000887. The highest BCUT2D eigenvalue weighted by Crippen LogP contribution is 2.29. The molecule has 2 amide bonds. The Morgan fingerprint density at radius 3 is 2.26 bits per heavy atom. The summed E-state index contributed by atoms with van der Waals surface area (Å²) in [5.74, 6) is -0.201. The van der Waals surface area contributed by atoms with Crippen LogP contribution in [0, 0.1) is 0 Å². The van der Waals surface area contributed by atoms with E-state index >= 15 is 0 Å². The van der Waals surface area contributed by atoms with Gasteiger partial charge < -0.3 is 15.1 Å². The van der Waals surface area contributed by atoms with Crippen molar-refractivity contribution in [1.82, 2.24) is 4.90 Å². The SMILES string of the molecule is O=C(Nc1ccccc1C(=O)N1CCCCCC1)c1ccc(CN2CCc3ccccc32)cc1. The third-order valence-corrected chi connectivity index (χ3v) is 6.87. The zero-order valence-corrected chi connectivity index (χ0v) is 19.5. The molecule has 0 aliphatic carbocycles. The van der Waals surface area contributed by atoms with Crippen LogP contribution in [0.4, 0.5) is 11.4 Å². The molecule has 0 aromatic heterocycles. The number of nitrogens with one attached hydrogen (secondary N) is 1. The van der Waals surface area contributed by atoms with Gasteiger partial charge in [0, 0.05) is 37.4 Å². The molecule has 5 rings (SSSR count). The molecule has 2 heterocycles. The summed E-state index contributed by atoms with van der Waals surface area (Å²) in [4.78, 5) is 30.5. The van der Waals surface area contributed by atoms with Crippen LogP contribution in [0.3, 0.4) is 0 Å². The van der Waals surface area contributed by atoms with E-state index in [1.54, 1.807) is 6.07 Å². The highest BCUT2D eigenvalue weighted by molar-refractivity contribution is 6.09. The van der Waals surface area contributed by atoms with Gasteiger partial charge >= 0.3 is 0 Å². The molecule has 1 fully saturated rings. The number of hydrogen-bond acceptors (Lipinski definition) is 3. The first kappa shape index (κ1) is 22.2. The topological polar surface area (TPSA) is 52.7 Å². The number of carbonyl (C=O) groups is 2. The normalized spacial score (nSPS) is 15.5. The van der Waals surface area contributed by atoms with Crippen molar-refractivity contribution in [2.75, 3.05) is 29.9 Å². The average Bonchev–Trinajstić information content (AvgIpc) is 3.08. The number of anilines is 2. The smallest absolute Gasteiger partial charge is 0.255 e. The van der Waals surface area contributed by atoms with E-state index in [0.717, 1.165) is 45.4 Å². The van der Waals surface area contributed by atoms with Crippen LogP contribution < -0.4 is 10.2 Å². The zero-order chi connectivity index (χ0) is 23.3. The summed E-state index contributed by atoms with van der Waals surface area (Å²) in [6, 6.07) is 23.6. The summed E-state index contributed by atoms with van der Waals surface area (Å²) in [5, 5.41) is 2.97. The Bertz CT molecular complexity index is 1160. The van der Waals surface area contributed by atoms with Crippen molar-refractivity contribution in [3.63, 3.8) is 0 Å². The van der Waals surface area contributed by atoms with E-state index in [0.29, 0.717) is 16.8 Å². The Balaban J connectivity index is 1.26. The molecule has 1 N–H and O–H groups in total. The van der Waals surface area contributed by atoms with Crippen LogP contribution in [0.25, 0.3) is 0 Å². The standard InChI is InChI=1S/C29H31N3O2/c33-28(30-26-11-5-4-10-25(26)29(34)31-18-7-1-2-8-19-31)24-15-13-22(14-16-24)21-32-20-17-23-9-3-6-12-27(23)32/h3-6,9-16H,1-2,7-8,17-21H2,(H,30,33). The number of benzene rings is 3. The molecule has 0 saturated carbocycles. The fourth-order valence-corrected chi connectivity index (χ4v) is 4.97. The van der Waals surface area contributed by atoms with Crippen LogP contribution in [0.15, 0.2) is 72.8 Å². The van der Waals surface area contributed by atoms with Crippen molar-refractivity contribution in [2.24, 2.45) is 0 Å². The quantitative estimate of drug-likeness (QED) is 0.554. The summed E-state index contributed by atoms with van der Waals surface area (Å²) >= 11 is 0. The Labute approximate surface area is 201 Å². The van der Waals surface area contributed by atoms with E-state index in [-0.39, 0.29) is 11.8 Å². The highest BCUT2D eigenvalue weighted by atomic mass is 16.2. The molecule has 5 nitrogen and oxygen atoms in total. The lowest BCUT2D eigenvalue weighted by atomic mass is 10.1. The predicted molar refractivity (Wildman–Crippen MR) is 136 cm³/mol. The number of rotatable bonds is 5. The maximum Gasteiger partial charge on any atom is 0.255 e. The molecule has 1 saturated heterocycles. The largest absolute Gasteiger partial charge is 0.367 e. The Kier molecular flexibility index (Phi) is 6.61. The molecule has 2 aliphatic heterocycles. The van der Waals surface area contributed by atoms with E-state index < -0.39 is 0 Å². The predicted octanol–water partition coefficient (Wildman–Crippen LogP) is 5.52. The van der Waals surface area contributed by atoms with Crippen LogP contribution in [0.5, 0.6) is 0 Å². The third kappa shape index (κ3) is 4.84. The second-order valence-electron chi connectivity index (χ2n) is 9.20. The van der Waals surface area contributed by atoms with Gasteiger partial charge in [-0.05, 0) is 60.7 Å². The second-order valence-corrected chi connectivity index (χ2v) is 9.20. The number of fused-ring (bicyclic) bond motifs is 1. The van der Waals surface area contributed by atoms with Gasteiger partial charge in [-0.25, -0.2) is 0 Å². The lowest BCUT2D eigenvalue weighted by Crippen LogP contribution is -2.32. The molecule has 0 spiro atoms. The molecule has 3 aromatic rings. The molecule has 5 heteroatoms. The molecule has 0 atom stereocenters. The average molecular weight is 454 g/mol. The van der Waals surface area contributed by atoms with Crippen molar-refractivity contribution in [2.45, 2.75) is 38.6 Å². The Hall–Kier alpha value is -3.60. The van der Waals surface area contributed by atoms with E-state index in [4.69, 9.17) is 0 Å². The maximum atomic E-state index is 13.2. The minimum Gasteiger partial charge on any atom is -0.367 e. The number of carbonyl (C=O) groups excluding carboxylic acids is 2. The monoisotopic (exact) mass is 453 g/mol. The van der Waals surface area contributed by atoms with Gasteiger partial charge in [-0.1, -0.05) is 55.3 Å². The fraction of sp³-hybridized carbons (Fsp3) is 0.310. The Morgan fingerprint density at radius 2 is 1.47 bits per heavy atom. The maximum absolute atomic E-state index is 13.2. The summed E-state index contributed by atoms with van der Waals surface area (Å²) in [5.41, 5.74) is 5.58. The number of amides is 2. The molecular formula is C29H31N3O2. The molecule has 3 aromatic carbocycles. The van der Waals surface area contributed by atoms with Gasteiger partial charge in [0.2, 0.25) is 0 Å². The van der Waals surface area contributed by atoms with Crippen molar-refractivity contribution < 1.29 is 9.59 Å². The molecule has 34 heavy (non-hydrogen) atoms. The first-order valence-corrected chi connectivity index (χ1v) is 12.3. The fourth-order valence-electron chi connectivity index (χ4n) is 4.97. The summed E-state index contributed by atoms with van der Waals surface area (Å²) in [6.45, 7) is 3.41.